The van der Waals surface area contributed by atoms with Gasteiger partial charge in [-0.2, -0.15) is 0 Å². The molecule has 0 saturated heterocycles. The van der Waals surface area contributed by atoms with Crippen LogP contribution in [0.4, 0.5) is 0 Å². The van der Waals surface area contributed by atoms with Crippen molar-refractivity contribution in [2.75, 3.05) is 41.0 Å². The van der Waals surface area contributed by atoms with E-state index in [2.05, 4.69) is 6.58 Å². The average molecular weight is 210 g/mol. The van der Waals surface area contributed by atoms with Gasteiger partial charge in [-0.1, -0.05) is 6.08 Å². The van der Waals surface area contributed by atoms with Crippen LogP contribution in [-0.2, 0) is 4.74 Å². The second-order valence-corrected chi connectivity index (χ2v) is 3.78. The van der Waals surface area contributed by atoms with Gasteiger partial charge in [0.15, 0.2) is 0 Å². The highest BCUT2D eigenvalue weighted by Crippen LogP contribution is 2.02. The highest BCUT2D eigenvalue weighted by Gasteiger charge is 2.22. The zero-order valence-corrected chi connectivity index (χ0v) is 9.42. The third-order valence-electron chi connectivity index (χ3n) is 1.85. The van der Waals surface area contributed by atoms with Crippen molar-refractivity contribution in [2.45, 2.75) is 6.04 Å². The van der Waals surface area contributed by atoms with E-state index in [1.165, 1.54) is 0 Å². The number of likely N-dealkylation sites (N-methyl/N-ethyl adjacent to an activating group) is 1. The van der Waals surface area contributed by atoms with Crippen molar-refractivity contribution in [3.05, 3.63) is 12.7 Å². The van der Waals surface area contributed by atoms with Gasteiger partial charge in [0.1, 0.15) is 12.6 Å². The van der Waals surface area contributed by atoms with Crippen LogP contribution < -0.4 is 12.4 Å². The first-order valence-electron chi connectivity index (χ1n) is 4.13. The molecule has 0 aromatic heterocycles. The van der Waals surface area contributed by atoms with Crippen LogP contribution >= 0.6 is 0 Å². The molecule has 0 aliphatic rings. The Balaban J connectivity index is 0. The van der Waals surface area contributed by atoms with Crippen LogP contribution in [0.1, 0.15) is 0 Å². The fraction of sp³-hybridized carbons (Fsp3) is 0.778. The number of nitrogens with zero attached hydrogens (tertiary/aromatic N) is 1. The Kier molecular flexibility index (Phi) is 8.67. The van der Waals surface area contributed by atoms with Crippen LogP contribution in [-0.4, -0.2) is 56.6 Å². The Bertz CT molecular complexity index is 134. The highest BCUT2D eigenvalue weighted by molar-refractivity contribution is 4.65. The van der Waals surface area contributed by atoms with Gasteiger partial charge < -0.3 is 26.7 Å². The third-order valence-corrected chi connectivity index (χ3v) is 1.85. The van der Waals surface area contributed by atoms with Crippen molar-refractivity contribution in [3.63, 3.8) is 0 Å². The summed E-state index contributed by atoms with van der Waals surface area (Å²) in [6.45, 7) is 4.83. The first kappa shape index (κ1) is 15.4. The predicted molar refractivity (Wildman–Crippen MR) is 49.9 cm³/mol. The normalized spacial score (nSPS) is 13.2. The Labute approximate surface area is 87.0 Å². The summed E-state index contributed by atoms with van der Waals surface area (Å²) in [4.78, 5) is 0. The van der Waals surface area contributed by atoms with Gasteiger partial charge in [0.25, 0.3) is 0 Å². The van der Waals surface area contributed by atoms with Crippen molar-refractivity contribution >= 4 is 0 Å². The largest absolute Gasteiger partial charge is 1.00 e. The number of quaternary nitrogens is 1. The van der Waals surface area contributed by atoms with Crippen molar-refractivity contribution in [3.8, 4) is 0 Å². The lowest BCUT2D eigenvalue weighted by Gasteiger charge is -2.32. The lowest BCUT2D eigenvalue weighted by atomic mass is 10.3. The van der Waals surface area contributed by atoms with Crippen molar-refractivity contribution in [1.82, 2.24) is 0 Å². The van der Waals surface area contributed by atoms with E-state index < -0.39 is 0 Å². The number of rotatable bonds is 6. The molecule has 0 aromatic rings. The summed E-state index contributed by atoms with van der Waals surface area (Å²) in [6.07, 6.45) is 1.71. The smallest absolute Gasteiger partial charge is 0.135 e. The summed E-state index contributed by atoms with van der Waals surface area (Å²) in [5.41, 5.74) is 0. The first-order valence-corrected chi connectivity index (χ1v) is 4.13. The molecule has 80 valence electrons. The molecule has 0 saturated carbocycles. The molecule has 0 aliphatic heterocycles. The van der Waals surface area contributed by atoms with Gasteiger partial charge >= 0.3 is 0 Å². The quantitative estimate of drug-likeness (QED) is 0.292. The first-order chi connectivity index (χ1) is 5.52. The number of hydrogen-bond donors (Lipinski definition) is 1. The summed E-state index contributed by atoms with van der Waals surface area (Å²) >= 11 is 0. The average Bonchev–Trinajstić information content (AvgIpc) is 1.95. The molecule has 0 aliphatic carbocycles. The maximum absolute atomic E-state index is 9.04. The van der Waals surface area contributed by atoms with E-state index in [0.717, 1.165) is 0 Å². The molecule has 1 N–H and O–H groups in total. The molecule has 1 atom stereocenters. The monoisotopic (exact) mass is 209 g/mol. The van der Waals surface area contributed by atoms with Gasteiger partial charge in [0.05, 0.1) is 34.4 Å². The Morgan fingerprint density at radius 1 is 1.46 bits per heavy atom. The zero-order chi connectivity index (χ0) is 9.61. The molecule has 1 unspecified atom stereocenters. The van der Waals surface area contributed by atoms with E-state index in [1.807, 2.05) is 21.1 Å². The second kappa shape index (κ2) is 7.33. The molecule has 0 heterocycles. The number of aliphatic hydroxyl groups excluding tert-OH is 1. The second-order valence-electron chi connectivity index (χ2n) is 3.78. The van der Waals surface area contributed by atoms with Crippen LogP contribution in [0, 0.1) is 0 Å². The van der Waals surface area contributed by atoms with Crippen LogP contribution in [0.2, 0.25) is 0 Å². The standard InChI is InChI=1S/C9H20NO2.ClH/c1-5-6-12-8-9(7-11)10(2,3)4;/h5,9,11H,1,6-8H2,2-4H3;1H/q+1;/p-1. The molecular weight excluding hydrogens is 190 g/mol. The fourth-order valence-electron chi connectivity index (χ4n) is 0.809. The van der Waals surface area contributed by atoms with Crippen LogP contribution in [0.5, 0.6) is 0 Å². The third kappa shape index (κ3) is 7.02. The summed E-state index contributed by atoms with van der Waals surface area (Å²) in [5, 5.41) is 9.04. The van der Waals surface area contributed by atoms with E-state index in [-0.39, 0.29) is 25.1 Å². The maximum atomic E-state index is 9.04. The summed E-state index contributed by atoms with van der Waals surface area (Å²) in [7, 11) is 6.12. The van der Waals surface area contributed by atoms with Gasteiger partial charge in [0.2, 0.25) is 0 Å². The number of hydrogen-bond acceptors (Lipinski definition) is 2. The van der Waals surface area contributed by atoms with E-state index >= 15 is 0 Å². The fourth-order valence-corrected chi connectivity index (χ4v) is 0.809. The molecule has 0 fully saturated rings. The maximum Gasteiger partial charge on any atom is 0.135 e. The van der Waals surface area contributed by atoms with Crippen LogP contribution in [0.15, 0.2) is 12.7 Å². The lowest BCUT2D eigenvalue weighted by molar-refractivity contribution is -0.897. The van der Waals surface area contributed by atoms with Crippen LogP contribution in [0.3, 0.4) is 0 Å². The van der Waals surface area contributed by atoms with E-state index in [1.54, 1.807) is 6.08 Å². The number of halogens is 1. The molecule has 0 spiro atoms. The minimum absolute atomic E-state index is 0. The molecule has 0 rings (SSSR count). The molecule has 0 amide bonds. The summed E-state index contributed by atoms with van der Waals surface area (Å²) in [6, 6.07) is 0.143. The number of aliphatic hydroxyl groups is 1. The minimum Gasteiger partial charge on any atom is -1.00 e. The van der Waals surface area contributed by atoms with Crippen molar-refractivity contribution in [1.29, 1.82) is 0 Å². The molecule has 0 aromatic carbocycles. The molecule has 13 heavy (non-hydrogen) atoms. The van der Waals surface area contributed by atoms with Gasteiger partial charge in [-0.3, -0.25) is 0 Å². The zero-order valence-electron chi connectivity index (χ0n) is 8.66. The van der Waals surface area contributed by atoms with E-state index in [9.17, 15) is 0 Å². The van der Waals surface area contributed by atoms with Gasteiger partial charge in [-0.25, -0.2) is 0 Å². The number of ether oxygens (including phenoxy) is 1. The lowest BCUT2D eigenvalue weighted by Crippen LogP contribution is -3.00. The van der Waals surface area contributed by atoms with Gasteiger partial charge in [0, 0.05) is 0 Å². The van der Waals surface area contributed by atoms with Crippen molar-refractivity contribution < 1.29 is 26.7 Å². The van der Waals surface area contributed by atoms with E-state index in [4.69, 9.17) is 9.84 Å². The van der Waals surface area contributed by atoms with Gasteiger partial charge in [-0.05, 0) is 0 Å². The Hall–Kier alpha value is -0.0900. The SMILES string of the molecule is C=CCOCC(CO)[N+](C)(C)C.[Cl-]. The van der Waals surface area contributed by atoms with Crippen molar-refractivity contribution in [2.24, 2.45) is 0 Å². The predicted octanol–water partition coefficient (Wildman–Crippen LogP) is -2.74. The molecule has 3 nitrogen and oxygen atoms in total. The van der Waals surface area contributed by atoms with Gasteiger partial charge in [-0.15, -0.1) is 6.58 Å². The molecular formula is C9H20ClNO2. The molecule has 4 heteroatoms. The van der Waals surface area contributed by atoms with E-state index in [0.29, 0.717) is 17.7 Å². The van der Waals surface area contributed by atoms with Crippen LogP contribution in [0.25, 0.3) is 0 Å². The molecule has 0 bridgehead atoms. The topological polar surface area (TPSA) is 29.5 Å². The highest BCUT2D eigenvalue weighted by atomic mass is 35.5. The summed E-state index contributed by atoms with van der Waals surface area (Å²) in [5.74, 6) is 0. The Morgan fingerprint density at radius 2 is 2.00 bits per heavy atom. The molecule has 0 radical (unpaired) electrons. The minimum atomic E-state index is 0. The summed E-state index contributed by atoms with van der Waals surface area (Å²) < 4.78 is 5.98. The Morgan fingerprint density at radius 3 is 2.31 bits per heavy atom.